The first-order valence-electron chi connectivity index (χ1n) is 8.85. The number of nitrogens with one attached hydrogen (secondary N) is 1. The first-order valence-corrected chi connectivity index (χ1v) is 8.85. The number of amides is 2. The van der Waals surface area contributed by atoms with Crippen LogP contribution in [0.25, 0.3) is 0 Å². The second-order valence-electron chi connectivity index (χ2n) is 6.15. The Morgan fingerprint density at radius 2 is 1.62 bits per heavy atom. The molecule has 2 amide bonds. The van der Waals surface area contributed by atoms with Gasteiger partial charge in [-0.05, 0) is 36.4 Å². The van der Waals surface area contributed by atoms with Crippen molar-refractivity contribution in [2.24, 2.45) is 0 Å². The summed E-state index contributed by atoms with van der Waals surface area (Å²) in [5, 5.41) is 2.93. The zero-order chi connectivity index (χ0) is 18.2. The summed E-state index contributed by atoms with van der Waals surface area (Å²) in [4.78, 5) is 16.5. The lowest BCUT2D eigenvalue weighted by atomic mass is 10.3. The van der Waals surface area contributed by atoms with E-state index in [9.17, 15) is 4.79 Å². The highest BCUT2D eigenvalue weighted by Gasteiger charge is 2.20. The molecule has 1 aliphatic rings. The molecule has 6 heteroatoms. The third kappa shape index (κ3) is 5.13. The van der Waals surface area contributed by atoms with Gasteiger partial charge < -0.3 is 19.7 Å². The average Bonchev–Trinajstić information content (AvgIpc) is 2.70. The number of nitrogens with zero attached hydrogens (tertiary/aromatic N) is 2. The summed E-state index contributed by atoms with van der Waals surface area (Å²) in [5.41, 5.74) is 0.827. The second-order valence-corrected chi connectivity index (χ2v) is 6.15. The molecule has 0 unspecified atom stereocenters. The van der Waals surface area contributed by atoms with Crippen LogP contribution in [0.2, 0.25) is 0 Å². The van der Waals surface area contributed by atoms with Gasteiger partial charge in [-0.25, -0.2) is 4.79 Å². The number of anilines is 1. The topological polar surface area (TPSA) is 54.0 Å². The molecule has 1 N–H and O–H groups in total. The van der Waals surface area contributed by atoms with Crippen molar-refractivity contribution in [2.75, 3.05) is 51.8 Å². The number of urea groups is 1. The van der Waals surface area contributed by atoms with E-state index >= 15 is 0 Å². The van der Waals surface area contributed by atoms with E-state index in [1.165, 1.54) is 0 Å². The van der Waals surface area contributed by atoms with Crippen molar-refractivity contribution in [3.63, 3.8) is 0 Å². The van der Waals surface area contributed by atoms with Gasteiger partial charge in [0.15, 0.2) is 0 Å². The normalized spacial score (nSPS) is 14.7. The third-order valence-corrected chi connectivity index (χ3v) is 4.42. The maximum Gasteiger partial charge on any atom is 0.321 e. The fourth-order valence-corrected chi connectivity index (χ4v) is 2.86. The van der Waals surface area contributed by atoms with E-state index < -0.39 is 0 Å². The number of piperazine rings is 1. The fraction of sp³-hybridized carbons (Fsp3) is 0.350. The molecule has 26 heavy (non-hydrogen) atoms. The Balaban J connectivity index is 1.36. The van der Waals surface area contributed by atoms with Gasteiger partial charge in [-0.3, -0.25) is 4.90 Å². The van der Waals surface area contributed by atoms with Gasteiger partial charge in [0.2, 0.25) is 0 Å². The number of para-hydroxylation sites is 1. The molecule has 3 rings (SSSR count). The molecular formula is C20H25N3O3. The predicted molar refractivity (Wildman–Crippen MR) is 102 cm³/mol. The van der Waals surface area contributed by atoms with Crippen molar-refractivity contribution in [3.05, 3.63) is 54.6 Å². The van der Waals surface area contributed by atoms with Crippen LogP contribution in [0, 0.1) is 0 Å². The summed E-state index contributed by atoms with van der Waals surface area (Å²) in [6.45, 7) is 4.63. The fourth-order valence-electron chi connectivity index (χ4n) is 2.86. The monoisotopic (exact) mass is 355 g/mol. The van der Waals surface area contributed by atoms with E-state index in [4.69, 9.17) is 9.47 Å². The van der Waals surface area contributed by atoms with Crippen molar-refractivity contribution < 1.29 is 14.3 Å². The number of hydrogen-bond donors (Lipinski definition) is 1. The number of carbonyl (C=O) groups is 1. The first kappa shape index (κ1) is 18.1. The highest BCUT2D eigenvalue weighted by atomic mass is 16.5. The van der Waals surface area contributed by atoms with Crippen LogP contribution in [-0.2, 0) is 0 Å². The maximum atomic E-state index is 12.3. The number of carbonyl (C=O) groups excluding carboxylic acids is 1. The van der Waals surface area contributed by atoms with E-state index in [1.807, 2.05) is 59.5 Å². The summed E-state index contributed by atoms with van der Waals surface area (Å²) in [7, 11) is 1.65. The molecule has 0 saturated carbocycles. The summed E-state index contributed by atoms with van der Waals surface area (Å²) in [6, 6.07) is 17.1. The van der Waals surface area contributed by atoms with Crippen LogP contribution in [0.5, 0.6) is 11.5 Å². The Bertz CT molecular complexity index is 683. The van der Waals surface area contributed by atoms with E-state index in [2.05, 4.69) is 10.2 Å². The largest absolute Gasteiger partial charge is 0.497 e. The Kier molecular flexibility index (Phi) is 6.33. The number of methoxy groups -OCH3 is 1. The molecule has 0 aliphatic carbocycles. The highest BCUT2D eigenvalue weighted by molar-refractivity contribution is 5.89. The highest BCUT2D eigenvalue weighted by Crippen LogP contribution is 2.17. The van der Waals surface area contributed by atoms with E-state index in [0.717, 1.165) is 49.9 Å². The molecular weight excluding hydrogens is 330 g/mol. The van der Waals surface area contributed by atoms with Gasteiger partial charge in [-0.15, -0.1) is 0 Å². The molecule has 2 aromatic rings. The number of benzene rings is 2. The Labute approximate surface area is 154 Å². The van der Waals surface area contributed by atoms with Crippen molar-refractivity contribution >= 4 is 11.7 Å². The van der Waals surface area contributed by atoms with Crippen molar-refractivity contribution in [3.8, 4) is 11.5 Å². The van der Waals surface area contributed by atoms with Crippen LogP contribution >= 0.6 is 0 Å². The molecule has 1 heterocycles. The summed E-state index contributed by atoms with van der Waals surface area (Å²) in [6.07, 6.45) is 0. The minimum absolute atomic E-state index is 0.0367. The summed E-state index contributed by atoms with van der Waals surface area (Å²) in [5.74, 6) is 1.66. The van der Waals surface area contributed by atoms with Crippen LogP contribution in [0.4, 0.5) is 10.5 Å². The first-order chi connectivity index (χ1) is 12.7. The number of ether oxygens (including phenoxy) is 2. The molecule has 1 saturated heterocycles. The van der Waals surface area contributed by atoms with Crippen LogP contribution in [0.15, 0.2) is 54.6 Å². The molecule has 138 valence electrons. The predicted octanol–water partition coefficient (Wildman–Crippen LogP) is 2.92. The molecule has 0 atom stereocenters. The van der Waals surface area contributed by atoms with Crippen LogP contribution in [0.3, 0.4) is 0 Å². The molecule has 1 aliphatic heterocycles. The minimum Gasteiger partial charge on any atom is -0.497 e. The standard InChI is InChI=1S/C20H25N3O3/c1-25-18-7-9-19(10-8-18)26-16-15-22-11-13-23(14-12-22)20(24)21-17-5-3-2-4-6-17/h2-10H,11-16H2,1H3,(H,21,24). The molecule has 1 fully saturated rings. The zero-order valence-corrected chi connectivity index (χ0v) is 15.1. The Hall–Kier alpha value is -2.73. The Morgan fingerprint density at radius 1 is 0.962 bits per heavy atom. The SMILES string of the molecule is COc1ccc(OCCN2CCN(C(=O)Nc3ccccc3)CC2)cc1. The zero-order valence-electron chi connectivity index (χ0n) is 15.1. The van der Waals surface area contributed by atoms with E-state index in [1.54, 1.807) is 7.11 Å². The number of hydrogen-bond acceptors (Lipinski definition) is 4. The van der Waals surface area contributed by atoms with Crippen LogP contribution < -0.4 is 14.8 Å². The van der Waals surface area contributed by atoms with E-state index in [-0.39, 0.29) is 6.03 Å². The molecule has 0 aromatic heterocycles. The van der Waals surface area contributed by atoms with Gasteiger partial charge >= 0.3 is 6.03 Å². The summed E-state index contributed by atoms with van der Waals surface area (Å²) >= 11 is 0. The van der Waals surface area contributed by atoms with Crippen molar-refractivity contribution in [1.82, 2.24) is 9.80 Å². The molecule has 6 nitrogen and oxygen atoms in total. The second kappa shape index (κ2) is 9.10. The maximum absolute atomic E-state index is 12.3. The molecule has 0 spiro atoms. The molecule has 0 radical (unpaired) electrons. The van der Waals surface area contributed by atoms with Gasteiger partial charge in [0.05, 0.1) is 7.11 Å². The van der Waals surface area contributed by atoms with Gasteiger partial charge in [0.1, 0.15) is 18.1 Å². The van der Waals surface area contributed by atoms with Gasteiger partial charge in [0, 0.05) is 38.4 Å². The van der Waals surface area contributed by atoms with Crippen molar-refractivity contribution in [1.29, 1.82) is 0 Å². The number of rotatable bonds is 6. The van der Waals surface area contributed by atoms with Gasteiger partial charge in [-0.1, -0.05) is 18.2 Å². The lowest BCUT2D eigenvalue weighted by Gasteiger charge is -2.34. The van der Waals surface area contributed by atoms with E-state index in [0.29, 0.717) is 6.61 Å². The smallest absolute Gasteiger partial charge is 0.321 e. The minimum atomic E-state index is -0.0367. The average molecular weight is 355 g/mol. The summed E-state index contributed by atoms with van der Waals surface area (Å²) < 4.78 is 10.9. The van der Waals surface area contributed by atoms with Gasteiger partial charge in [0.25, 0.3) is 0 Å². The quantitative estimate of drug-likeness (QED) is 0.866. The van der Waals surface area contributed by atoms with Crippen molar-refractivity contribution in [2.45, 2.75) is 0 Å². The van der Waals surface area contributed by atoms with Crippen LogP contribution in [-0.4, -0.2) is 62.3 Å². The van der Waals surface area contributed by atoms with Crippen LogP contribution in [0.1, 0.15) is 0 Å². The lowest BCUT2D eigenvalue weighted by Crippen LogP contribution is -2.50. The third-order valence-electron chi connectivity index (χ3n) is 4.42. The molecule has 0 bridgehead atoms. The molecule has 2 aromatic carbocycles. The van der Waals surface area contributed by atoms with Gasteiger partial charge in [-0.2, -0.15) is 0 Å². The lowest BCUT2D eigenvalue weighted by molar-refractivity contribution is 0.132. The Morgan fingerprint density at radius 3 is 2.27 bits per heavy atom.